The van der Waals surface area contributed by atoms with Crippen molar-refractivity contribution >= 4 is 44.9 Å². The molecule has 4 nitrogen and oxygen atoms in total. The number of amides is 1. The molecule has 1 N–H and O–H groups in total. The van der Waals surface area contributed by atoms with Crippen molar-refractivity contribution in [3.8, 4) is 0 Å². The van der Waals surface area contributed by atoms with Gasteiger partial charge in [0, 0.05) is 20.6 Å². The summed E-state index contributed by atoms with van der Waals surface area (Å²) in [6.07, 6.45) is -0.330. The van der Waals surface area contributed by atoms with Gasteiger partial charge in [0.2, 0.25) is 0 Å². The molecule has 1 aliphatic rings. The van der Waals surface area contributed by atoms with E-state index in [-0.39, 0.29) is 18.7 Å². The minimum Gasteiger partial charge on any atom is -0.375 e. The molecule has 146 valence electrons. The Morgan fingerprint density at radius 3 is 2.38 bits per heavy atom. The molecule has 0 bridgehead atoms. The highest BCUT2D eigenvalue weighted by Gasteiger charge is 2.50. The number of para-hydroxylation sites is 1. The Bertz CT molecular complexity index is 1100. The molecule has 0 radical (unpaired) electrons. The summed E-state index contributed by atoms with van der Waals surface area (Å²) in [6, 6.07) is 21.1. The van der Waals surface area contributed by atoms with Gasteiger partial charge in [-0.05, 0) is 29.8 Å². The third-order valence-electron chi connectivity index (χ3n) is 5.11. The minimum absolute atomic E-state index is 0.213. The summed E-state index contributed by atoms with van der Waals surface area (Å²) in [5, 5.41) is 11.9. The highest BCUT2D eigenvalue weighted by atomic mass is 79.9. The number of carbonyl (C=O) groups excluding carboxylic acids is 2. The van der Waals surface area contributed by atoms with Crippen molar-refractivity contribution in [2.45, 2.75) is 18.6 Å². The van der Waals surface area contributed by atoms with Gasteiger partial charge in [-0.15, -0.1) is 0 Å². The lowest BCUT2D eigenvalue weighted by molar-refractivity contribution is -0.136. The Balaban J connectivity index is 1.69. The number of hydrogen-bond donors (Lipinski definition) is 1. The Morgan fingerprint density at radius 2 is 1.66 bits per heavy atom. The van der Waals surface area contributed by atoms with Crippen LogP contribution in [-0.2, 0) is 16.9 Å². The summed E-state index contributed by atoms with van der Waals surface area (Å²) in [6.45, 7) is 0.213. The van der Waals surface area contributed by atoms with Gasteiger partial charge in [0.15, 0.2) is 11.4 Å². The molecule has 1 atom stereocenters. The topological polar surface area (TPSA) is 57.6 Å². The zero-order valence-electron chi connectivity index (χ0n) is 15.3. The number of anilines is 1. The Hall–Kier alpha value is -2.47. The highest BCUT2D eigenvalue weighted by molar-refractivity contribution is 9.10. The van der Waals surface area contributed by atoms with Crippen LogP contribution >= 0.6 is 27.5 Å². The van der Waals surface area contributed by atoms with Crippen molar-refractivity contribution < 1.29 is 14.7 Å². The summed E-state index contributed by atoms with van der Waals surface area (Å²) >= 11 is 9.60. The Labute approximate surface area is 181 Å². The molecule has 0 saturated heterocycles. The van der Waals surface area contributed by atoms with E-state index in [0.717, 1.165) is 10.0 Å². The number of halogens is 2. The van der Waals surface area contributed by atoms with E-state index in [1.165, 1.54) is 4.90 Å². The molecule has 1 heterocycles. The molecule has 0 fully saturated rings. The van der Waals surface area contributed by atoms with E-state index in [9.17, 15) is 14.7 Å². The number of ketones is 1. The average Bonchev–Trinajstić information content (AvgIpc) is 2.92. The van der Waals surface area contributed by atoms with Crippen LogP contribution in [0.5, 0.6) is 0 Å². The van der Waals surface area contributed by atoms with Crippen LogP contribution in [0.15, 0.2) is 77.3 Å². The van der Waals surface area contributed by atoms with Crippen LogP contribution < -0.4 is 4.90 Å². The maximum Gasteiger partial charge on any atom is 0.264 e. The molecule has 0 aliphatic carbocycles. The molecule has 29 heavy (non-hydrogen) atoms. The molecule has 0 saturated carbocycles. The Kier molecular flexibility index (Phi) is 5.30. The van der Waals surface area contributed by atoms with Gasteiger partial charge in [0.05, 0.1) is 18.7 Å². The van der Waals surface area contributed by atoms with Gasteiger partial charge in [-0.25, -0.2) is 0 Å². The van der Waals surface area contributed by atoms with E-state index in [4.69, 9.17) is 11.6 Å². The van der Waals surface area contributed by atoms with Crippen molar-refractivity contribution in [1.82, 2.24) is 0 Å². The fraction of sp³-hybridized carbons (Fsp3) is 0.130. The van der Waals surface area contributed by atoms with Gasteiger partial charge in [0.25, 0.3) is 5.91 Å². The Morgan fingerprint density at radius 1 is 1.00 bits per heavy atom. The first-order valence-electron chi connectivity index (χ1n) is 9.06. The fourth-order valence-electron chi connectivity index (χ4n) is 3.60. The predicted octanol–water partition coefficient (Wildman–Crippen LogP) is 5.11. The number of rotatable bonds is 5. The van der Waals surface area contributed by atoms with Crippen LogP contribution in [0, 0.1) is 0 Å². The van der Waals surface area contributed by atoms with Gasteiger partial charge < -0.3 is 10.0 Å². The molecule has 3 aromatic carbocycles. The van der Waals surface area contributed by atoms with Crippen molar-refractivity contribution in [1.29, 1.82) is 0 Å². The first-order chi connectivity index (χ1) is 13.9. The second kappa shape index (κ2) is 7.75. The third kappa shape index (κ3) is 3.62. The number of Topliss-reactive ketones (excluding diaryl/α,β-unsaturated/α-hetero) is 1. The van der Waals surface area contributed by atoms with Crippen LogP contribution in [0.2, 0.25) is 5.02 Å². The van der Waals surface area contributed by atoms with Gasteiger partial charge in [0.1, 0.15) is 0 Å². The number of aliphatic hydroxyl groups is 1. The maximum atomic E-state index is 13.3. The van der Waals surface area contributed by atoms with Gasteiger partial charge >= 0.3 is 0 Å². The minimum atomic E-state index is -1.91. The molecule has 6 heteroatoms. The van der Waals surface area contributed by atoms with E-state index in [2.05, 4.69) is 15.9 Å². The predicted molar refractivity (Wildman–Crippen MR) is 116 cm³/mol. The standard InChI is InChI=1S/C23H17BrClNO3/c24-17-11-9-15(10-12-17)21(27)13-23(29)18-6-2-4-8-20(18)26(22(23)28)14-16-5-1-3-7-19(16)25/h1-12,29H,13-14H2. The van der Waals surface area contributed by atoms with Crippen LogP contribution in [0.3, 0.4) is 0 Å². The number of nitrogens with zero attached hydrogens (tertiary/aromatic N) is 1. The second-order valence-corrected chi connectivity index (χ2v) is 8.29. The SMILES string of the molecule is O=C(CC1(O)C(=O)N(Cc2ccccc2Cl)c2ccccc21)c1ccc(Br)cc1. The monoisotopic (exact) mass is 469 g/mol. The van der Waals surface area contributed by atoms with Crippen molar-refractivity contribution in [2.24, 2.45) is 0 Å². The van der Waals surface area contributed by atoms with E-state index in [0.29, 0.717) is 21.8 Å². The number of benzene rings is 3. The molecule has 3 aromatic rings. The van der Waals surface area contributed by atoms with Crippen molar-refractivity contribution in [2.75, 3.05) is 4.90 Å². The molecule has 1 amide bonds. The van der Waals surface area contributed by atoms with Crippen molar-refractivity contribution in [3.63, 3.8) is 0 Å². The van der Waals surface area contributed by atoms with Crippen LogP contribution in [-0.4, -0.2) is 16.8 Å². The second-order valence-electron chi connectivity index (χ2n) is 6.97. The van der Waals surface area contributed by atoms with Crippen molar-refractivity contribution in [3.05, 3.63) is 99.0 Å². The molecule has 0 spiro atoms. The molecular weight excluding hydrogens is 454 g/mol. The maximum absolute atomic E-state index is 13.3. The normalized spacial score (nSPS) is 18.0. The van der Waals surface area contributed by atoms with Crippen LogP contribution in [0.1, 0.15) is 27.9 Å². The van der Waals surface area contributed by atoms with Crippen LogP contribution in [0.4, 0.5) is 5.69 Å². The first-order valence-corrected chi connectivity index (χ1v) is 10.2. The summed E-state index contributed by atoms with van der Waals surface area (Å²) in [4.78, 5) is 27.6. The van der Waals surface area contributed by atoms with E-state index < -0.39 is 11.5 Å². The smallest absolute Gasteiger partial charge is 0.264 e. The highest BCUT2D eigenvalue weighted by Crippen LogP contribution is 2.43. The summed E-state index contributed by atoms with van der Waals surface area (Å²) in [5.41, 5.74) is 0.311. The van der Waals surface area contributed by atoms with Gasteiger partial charge in [-0.3, -0.25) is 9.59 Å². The number of carbonyl (C=O) groups is 2. The lowest BCUT2D eigenvalue weighted by atomic mass is 9.88. The first kappa shape index (κ1) is 19.8. The molecule has 4 rings (SSSR count). The molecule has 0 aromatic heterocycles. The van der Waals surface area contributed by atoms with Gasteiger partial charge in [-0.1, -0.05) is 76.1 Å². The van der Waals surface area contributed by atoms with E-state index >= 15 is 0 Å². The largest absolute Gasteiger partial charge is 0.375 e. The summed E-state index contributed by atoms with van der Waals surface area (Å²) < 4.78 is 0.848. The molecular formula is C23H17BrClNO3. The lowest BCUT2D eigenvalue weighted by Crippen LogP contribution is -2.41. The fourth-order valence-corrected chi connectivity index (χ4v) is 4.06. The summed E-state index contributed by atoms with van der Waals surface area (Å²) in [7, 11) is 0. The third-order valence-corrected chi connectivity index (χ3v) is 6.01. The van der Waals surface area contributed by atoms with Gasteiger partial charge in [-0.2, -0.15) is 0 Å². The number of hydrogen-bond acceptors (Lipinski definition) is 3. The zero-order chi connectivity index (χ0) is 20.6. The number of fused-ring (bicyclic) bond motifs is 1. The van der Waals surface area contributed by atoms with E-state index in [1.807, 2.05) is 18.2 Å². The lowest BCUT2D eigenvalue weighted by Gasteiger charge is -2.23. The quantitative estimate of drug-likeness (QED) is 0.527. The van der Waals surface area contributed by atoms with Crippen LogP contribution in [0.25, 0.3) is 0 Å². The molecule has 1 aliphatic heterocycles. The molecule has 1 unspecified atom stereocenters. The summed E-state index contributed by atoms with van der Waals surface area (Å²) in [5.74, 6) is -0.827. The van der Waals surface area contributed by atoms with E-state index in [1.54, 1.807) is 54.6 Å². The average molecular weight is 471 g/mol. The zero-order valence-corrected chi connectivity index (χ0v) is 17.7.